The highest BCUT2D eigenvalue weighted by atomic mass is 16.6. The van der Waals surface area contributed by atoms with Crippen LogP contribution in [0.3, 0.4) is 0 Å². The summed E-state index contributed by atoms with van der Waals surface area (Å²) < 4.78 is 5.45. The minimum atomic E-state index is -0.395. The molecule has 0 spiro atoms. The molecule has 0 unspecified atom stereocenters. The van der Waals surface area contributed by atoms with E-state index < -0.39 is 6.09 Å². The van der Waals surface area contributed by atoms with Gasteiger partial charge in [0.15, 0.2) is 0 Å². The topological polar surface area (TPSA) is 58.6 Å². The summed E-state index contributed by atoms with van der Waals surface area (Å²) in [5.41, 5.74) is 3.66. The van der Waals surface area contributed by atoms with Crippen molar-refractivity contribution in [2.24, 2.45) is 0 Å². The van der Waals surface area contributed by atoms with Crippen LogP contribution < -0.4 is 10.1 Å². The van der Waals surface area contributed by atoms with Crippen LogP contribution in [-0.4, -0.2) is 29.0 Å². The second-order valence-electron chi connectivity index (χ2n) is 7.46. The molecule has 1 N–H and O–H groups in total. The van der Waals surface area contributed by atoms with Gasteiger partial charge in [-0.2, -0.15) is 0 Å². The molecule has 2 aromatic rings. The lowest BCUT2D eigenvalue weighted by molar-refractivity contribution is 0.102. The molecule has 0 saturated heterocycles. The fourth-order valence-corrected chi connectivity index (χ4v) is 3.38. The van der Waals surface area contributed by atoms with E-state index in [0.717, 1.165) is 17.7 Å². The summed E-state index contributed by atoms with van der Waals surface area (Å²) >= 11 is 0. The van der Waals surface area contributed by atoms with Gasteiger partial charge in [0.25, 0.3) is 5.91 Å². The maximum Gasteiger partial charge on any atom is 0.415 e. The van der Waals surface area contributed by atoms with Crippen LogP contribution in [0.25, 0.3) is 6.08 Å². The lowest BCUT2D eigenvalue weighted by Crippen LogP contribution is -2.43. The quantitative estimate of drug-likeness (QED) is 0.785. The number of fused-ring (bicyclic) bond motifs is 1. The summed E-state index contributed by atoms with van der Waals surface area (Å²) in [6.45, 7) is 7.79. The minimum Gasteiger partial charge on any atom is -0.410 e. The van der Waals surface area contributed by atoms with Crippen molar-refractivity contribution < 1.29 is 14.3 Å². The third kappa shape index (κ3) is 4.42. The Morgan fingerprint density at radius 3 is 2.32 bits per heavy atom. The molecule has 0 bridgehead atoms. The number of carbonyl (C=O) groups excluding carboxylic acids is 2. The van der Waals surface area contributed by atoms with Crippen LogP contribution in [-0.2, 0) is 6.42 Å². The van der Waals surface area contributed by atoms with Gasteiger partial charge >= 0.3 is 6.09 Å². The van der Waals surface area contributed by atoms with Crippen molar-refractivity contribution in [1.29, 1.82) is 0 Å². The average molecular weight is 378 g/mol. The van der Waals surface area contributed by atoms with Gasteiger partial charge in [-0.25, -0.2) is 4.79 Å². The molecule has 2 aromatic carbocycles. The van der Waals surface area contributed by atoms with Crippen LogP contribution in [0.2, 0.25) is 0 Å². The highest BCUT2D eigenvalue weighted by Gasteiger charge is 2.22. The molecule has 0 aromatic heterocycles. The molecular weight excluding hydrogens is 352 g/mol. The second kappa shape index (κ2) is 8.30. The highest BCUT2D eigenvalue weighted by molar-refractivity contribution is 6.04. The number of ether oxygens (including phenoxy) is 1. The first-order chi connectivity index (χ1) is 13.3. The normalized spacial score (nSPS) is 12.2. The predicted octanol–water partition coefficient (Wildman–Crippen LogP) is 5.13. The van der Waals surface area contributed by atoms with Crippen molar-refractivity contribution in [3.05, 3.63) is 65.2 Å². The molecule has 0 radical (unpaired) electrons. The Morgan fingerprint density at radius 1 is 1.00 bits per heavy atom. The number of amides is 2. The van der Waals surface area contributed by atoms with E-state index in [9.17, 15) is 9.59 Å². The lowest BCUT2D eigenvalue weighted by Gasteiger charge is -2.29. The highest BCUT2D eigenvalue weighted by Crippen LogP contribution is 2.23. The second-order valence-corrected chi connectivity index (χ2v) is 7.46. The molecular formula is C23H26N2O3. The van der Waals surface area contributed by atoms with Crippen LogP contribution in [0.4, 0.5) is 10.5 Å². The van der Waals surface area contributed by atoms with Crippen LogP contribution in [0.5, 0.6) is 5.75 Å². The predicted molar refractivity (Wildman–Crippen MR) is 112 cm³/mol. The molecule has 2 amide bonds. The van der Waals surface area contributed by atoms with Gasteiger partial charge in [0.1, 0.15) is 5.75 Å². The van der Waals surface area contributed by atoms with Crippen molar-refractivity contribution in [1.82, 2.24) is 4.90 Å². The third-order valence-electron chi connectivity index (χ3n) is 4.68. The van der Waals surface area contributed by atoms with Gasteiger partial charge < -0.3 is 15.0 Å². The first-order valence-corrected chi connectivity index (χ1v) is 9.56. The zero-order chi connectivity index (χ0) is 20.3. The molecule has 0 atom stereocenters. The summed E-state index contributed by atoms with van der Waals surface area (Å²) in [5, 5.41) is 2.91. The summed E-state index contributed by atoms with van der Waals surface area (Å²) in [6.07, 6.45) is 4.71. The van der Waals surface area contributed by atoms with Crippen LogP contribution in [0.15, 0.2) is 48.5 Å². The van der Waals surface area contributed by atoms with Crippen molar-refractivity contribution in [3.8, 4) is 5.75 Å². The maximum absolute atomic E-state index is 12.5. The van der Waals surface area contributed by atoms with Crippen LogP contribution in [0, 0.1) is 0 Å². The number of benzene rings is 2. The zero-order valence-corrected chi connectivity index (χ0v) is 16.7. The van der Waals surface area contributed by atoms with Crippen LogP contribution >= 0.6 is 0 Å². The number of anilines is 1. The van der Waals surface area contributed by atoms with Gasteiger partial charge in [-0.15, -0.1) is 0 Å². The fraction of sp³-hybridized carbons (Fsp3) is 0.304. The number of nitrogens with one attached hydrogen (secondary N) is 1. The Hall–Kier alpha value is -3.08. The summed E-state index contributed by atoms with van der Waals surface area (Å²) in [5.74, 6) is 0.210. The number of allylic oxidation sites excluding steroid dienone is 1. The first kappa shape index (κ1) is 19.7. The van der Waals surface area contributed by atoms with E-state index in [1.54, 1.807) is 29.2 Å². The molecule has 0 aliphatic heterocycles. The number of hydrogen-bond donors (Lipinski definition) is 1. The van der Waals surface area contributed by atoms with Gasteiger partial charge in [-0.05, 0) is 81.6 Å². The Labute approximate surface area is 166 Å². The Bertz CT molecular complexity index is 891. The molecule has 0 heterocycles. The van der Waals surface area contributed by atoms with Gasteiger partial charge in [-0.1, -0.05) is 18.2 Å². The van der Waals surface area contributed by atoms with Gasteiger partial charge in [0.05, 0.1) is 0 Å². The van der Waals surface area contributed by atoms with E-state index in [1.165, 1.54) is 5.56 Å². The minimum absolute atomic E-state index is 0.0414. The molecule has 146 valence electrons. The molecule has 1 aliphatic rings. The van der Waals surface area contributed by atoms with E-state index in [2.05, 4.69) is 17.5 Å². The molecule has 0 fully saturated rings. The van der Waals surface area contributed by atoms with E-state index in [1.807, 2.05) is 45.9 Å². The monoisotopic (exact) mass is 378 g/mol. The number of rotatable bonds is 5. The molecule has 5 nitrogen and oxygen atoms in total. The number of hydrogen-bond acceptors (Lipinski definition) is 3. The smallest absolute Gasteiger partial charge is 0.410 e. The first-order valence-electron chi connectivity index (χ1n) is 9.56. The largest absolute Gasteiger partial charge is 0.415 e. The summed E-state index contributed by atoms with van der Waals surface area (Å²) in [4.78, 5) is 26.5. The molecule has 5 heteroatoms. The Kier molecular flexibility index (Phi) is 5.83. The number of nitrogens with zero attached hydrogens (tertiary/aromatic N) is 1. The molecule has 28 heavy (non-hydrogen) atoms. The fourth-order valence-electron chi connectivity index (χ4n) is 3.38. The standard InChI is InChI=1S/C23H26N2O3/c1-15(2)25(16(3)4)23(27)28-21-12-9-18(10-13-21)22(26)24-20-11-8-17-6-5-7-19(17)14-20/h5,7-16H,6H2,1-4H3,(H,24,26). The molecule has 0 saturated carbocycles. The van der Waals surface area contributed by atoms with Crippen molar-refractivity contribution >= 4 is 23.8 Å². The SMILES string of the molecule is CC(C)N(C(=O)Oc1ccc(C(=O)Nc2ccc3c(c2)C=CC3)cc1)C(C)C. The van der Waals surface area contributed by atoms with E-state index in [-0.39, 0.29) is 18.0 Å². The van der Waals surface area contributed by atoms with Gasteiger partial charge in [0, 0.05) is 23.3 Å². The lowest BCUT2D eigenvalue weighted by atomic mass is 10.1. The molecule has 1 aliphatic carbocycles. The maximum atomic E-state index is 12.5. The van der Waals surface area contributed by atoms with Crippen molar-refractivity contribution in [3.63, 3.8) is 0 Å². The van der Waals surface area contributed by atoms with Gasteiger partial charge in [-0.3, -0.25) is 4.79 Å². The van der Waals surface area contributed by atoms with E-state index >= 15 is 0 Å². The average Bonchev–Trinajstić information content (AvgIpc) is 3.09. The third-order valence-corrected chi connectivity index (χ3v) is 4.68. The van der Waals surface area contributed by atoms with Crippen molar-refractivity contribution in [2.45, 2.75) is 46.2 Å². The summed E-state index contributed by atoms with van der Waals surface area (Å²) in [6, 6.07) is 12.6. The van der Waals surface area contributed by atoms with Gasteiger partial charge in [0.2, 0.25) is 0 Å². The number of carbonyl (C=O) groups is 2. The zero-order valence-electron chi connectivity index (χ0n) is 16.7. The van der Waals surface area contributed by atoms with E-state index in [4.69, 9.17) is 4.74 Å². The molecule has 3 rings (SSSR count). The Morgan fingerprint density at radius 2 is 1.68 bits per heavy atom. The van der Waals surface area contributed by atoms with Crippen molar-refractivity contribution in [2.75, 3.05) is 5.32 Å². The van der Waals surface area contributed by atoms with E-state index in [0.29, 0.717) is 11.3 Å². The Balaban J connectivity index is 1.64. The summed E-state index contributed by atoms with van der Waals surface area (Å²) in [7, 11) is 0. The van der Waals surface area contributed by atoms with Crippen LogP contribution in [0.1, 0.15) is 49.2 Å².